The largest absolute Gasteiger partial charge is 0.342 e. The number of likely N-dealkylation sites (tertiary alicyclic amines) is 2. The minimum absolute atomic E-state index is 0.0515. The number of rotatable bonds is 3. The van der Waals surface area contributed by atoms with E-state index in [-0.39, 0.29) is 23.7 Å². The van der Waals surface area contributed by atoms with Crippen LogP contribution in [0.1, 0.15) is 43.7 Å². The average Bonchev–Trinajstić information content (AvgIpc) is 3.28. The number of nitrogens with one attached hydrogen (secondary N) is 1. The topological polar surface area (TPSA) is 78.4 Å². The summed E-state index contributed by atoms with van der Waals surface area (Å²) in [5.74, 6) is 0.726. The van der Waals surface area contributed by atoms with Gasteiger partial charge in [0.25, 0.3) is 0 Å². The third-order valence-electron chi connectivity index (χ3n) is 6.30. The third-order valence-corrected chi connectivity index (χ3v) is 6.30. The van der Waals surface area contributed by atoms with E-state index in [4.69, 9.17) is 0 Å². The Morgan fingerprint density at radius 3 is 2.19 bits per heavy atom. The van der Waals surface area contributed by atoms with E-state index in [1.54, 1.807) is 12.5 Å². The van der Waals surface area contributed by atoms with Crippen molar-refractivity contribution in [3.8, 4) is 0 Å². The first-order valence-electron chi connectivity index (χ1n) is 10.3. The number of hydrogen-bond acceptors (Lipinski definition) is 5. The first kappa shape index (κ1) is 18.3. The van der Waals surface area contributed by atoms with Gasteiger partial charge in [0.1, 0.15) is 6.33 Å². The molecule has 27 heavy (non-hydrogen) atoms. The second-order valence-corrected chi connectivity index (χ2v) is 8.05. The third kappa shape index (κ3) is 4.13. The molecule has 3 saturated heterocycles. The minimum Gasteiger partial charge on any atom is -0.342 e. The van der Waals surface area contributed by atoms with Crippen molar-refractivity contribution in [3.05, 3.63) is 24.3 Å². The van der Waals surface area contributed by atoms with Gasteiger partial charge in [0.2, 0.25) is 11.8 Å². The van der Waals surface area contributed by atoms with Crippen molar-refractivity contribution in [2.24, 2.45) is 11.8 Å². The number of aromatic nitrogens is 2. The van der Waals surface area contributed by atoms with E-state index >= 15 is 0 Å². The average molecular weight is 371 g/mol. The first-order chi connectivity index (χ1) is 13.2. The monoisotopic (exact) mass is 371 g/mol. The van der Waals surface area contributed by atoms with E-state index in [1.807, 2.05) is 15.9 Å². The van der Waals surface area contributed by atoms with Gasteiger partial charge in [-0.15, -0.1) is 0 Å². The maximum atomic E-state index is 13.0. The minimum atomic E-state index is -0.0779. The second-order valence-electron chi connectivity index (χ2n) is 8.05. The maximum Gasteiger partial charge on any atom is 0.226 e. The predicted molar refractivity (Wildman–Crippen MR) is 101 cm³/mol. The van der Waals surface area contributed by atoms with Crippen LogP contribution in [0.2, 0.25) is 0 Å². The molecule has 1 aromatic heterocycles. The molecular formula is C20H29N5O2. The van der Waals surface area contributed by atoms with Gasteiger partial charge in [0.05, 0.1) is 11.8 Å². The molecule has 0 unspecified atom stereocenters. The molecule has 2 atom stereocenters. The van der Waals surface area contributed by atoms with E-state index < -0.39 is 0 Å². The summed E-state index contributed by atoms with van der Waals surface area (Å²) in [6, 6.07) is 1.97. The molecule has 1 N–H and O–H groups in total. The Balaban J connectivity index is 1.31. The summed E-state index contributed by atoms with van der Waals surface area (Å²) >= 11 is 0. The van der Waals surface area contributed by atoms with Gasteiger partial charge in [-0.25, -0.2) is 9.97 Å². The van der Waals surface area contributed by atoms with E-state index in [0.717, 1.165) is 57.6 Å². The van der Waals surface area contributed by atoms with Crippen molar-refractivity contribution < 1.29 is 9.59 Å². The van der Waals surface area contributed by atoms with Crippen molar-refractivity contribution >= 4 is 11.8 Å². The fourth-order valence-electron chi connectivity index (χ4n) is 4.71. The highest BCUT2D eigenvalue weighted by molar-refractivity contribution is 5.83. The molecule has 4 heterocycles. The van der Waals surface area contributed by atoms with Gasteiger partial charge >= 0.3 is 0 Å². The maximum absolute atomic E-state index is 13.0. The molecule has 3 fully saturated rings. The fourth-order valence-corrected chi connectivity index (χ4v) is 4.71. The number of hydrogen-bond donors (Lipinski definition) is 1. The summed E-state index contributed by atoms with van der Waals surface area (Å²) in [6.45, 7) is 4.70. The van der Waals surface area contributed by atoms with Crippen LogP contribution in [0, 0.1) is 11.8 Å². The zero-order chi connectivity index (χ0) is 18.6. The summed E-state index contributed by atoms with van der Waals surface area (Å²) in [5.41, 5.74) is 1.08. The lowest BCUT2D eigenvalue weighted by Crippen LogP contribution is -2.50. The number of carbonyl (C=O) groups excluding carboxylic acids is 2. The summed E-state index contributed by atoms with van der Waals surface area (Å²) in [4.78, 5) is 38.0. The van der Waals surface area contributed by atoms with E-state index in [9.17, 15) is 9.59 Å². The lowest BCUT2D eigenvalue weighted by Gasteiger charge is -2.37. The quantitative estimate of drug-likeness (QED) is 0.859. The van der Waals surface area contributed by atoms with Crippen LogP contribution in [0.15, 0.2) is 18.6 Å². The lowest BCUT2D eigenvalue weighted by molar-refractivity contribution is -0.140. The molecule has 0 saturated carbocycles. The van der Waals surface area contributed by atoms with E-state index in [0.29, 0.717) is 25.4 Å². The first-order valence-corrected chi connectivity index (χ1v) is 10.3. The molecule has 4 rings (SSSR count). The van der Waals surface area contributed by atoms with Crippen LogP contribution in [0.25, 0.3) is 0 Å². The number of carbonyl (C=O) groups is 2. The molecule has 2 amide bonds. The molecule has 0 bridgehead atoms. The van der Waals surface area contributed by atoms with Crippen LogP contribution >= 0.6 is 0 Å². The molecule has 7 heteroatoms. The molecule has 0 aromatic carbocycles. The zero-order valence-electron chi connectivity index (χ0n) is 15.8. The normalized spacial score (nSPS) is 27.0. The molecular weight excluding hydrogens is 342 g/mol. The van der Waals surface area contributed by atoms with Gasteiger partial charge in [-0.1, -0.05) is 0 Å². The Morgan fingerprint density at radius 1 is 0.963 bits per heavy atom. The summed E-state index contributed by atoms with van der Waals surface area (Å²) in [6.07, 6.45) is 8.17. The molecule has 146 valence electrons. The van der Waals surface area contributed by atoms with Gasteiger partial charge in [0.15, 0.2) is 0 Å². The van der Waals surface area contributed by atoms with Crippen LogP contribution in [0.3, 0.4) is 0 Å². The Labute approximate surface area is 160 Å². The van der Waals surface area contributed by atoms with Gasteiger partial charge in [-0.3, -0.25) is 9.59 Å². The standard InChI is InChI=1S/C20H29N5O2/c26-19(24-7-1-2-8-24)16-11-17(13-22-12-16)20(27)25-9-4-15(5-10-25)18-3-6-21-14-23-18/h3,6,14-17,22H,1-2,4-5,7-13H2/t16-,17-/m1/s1. The molecule has 7 nitrogen and oxygen atoms in total. The number of nitrogens with zero attached hydrogens (tertiary/aromatic N) is 4. The Hall–Kier alpha value is -2.02. The number of amides is 2. The molecule has 1 aromatic rings. The van der Waals surface area contributed by atoms with Crippen LogP contribution in [-0.2, 0) is 9.59 Å². The highest BCUT2D eigenvalue weighted by Gasteiger charge is 2.36. The van der Waals surface area contributed by atoms with Crippen molar-refractivity contribution in [2.75, 3.05) is 39.3 Å². The Bertz CT molecular complexity index is 654. The second kappa shape index (κ2) is 8.33. The van der Waals surface area contributed by atoms with Crippen molar-refractivity contribution in [3.63, 3.8) is 0 Å². The van der Waals surface area contributed by atoms with Crippen LogP contribution in [-0.4, -0.2) is 70.9 Å². The van der Waals surface area contributed by atoms with Gasteiger partial charge in [-0.2, -0.15) is 0 Å². The fraction of sp³-hybridized carbons (Fsp3) is 0.700. The SMILES string of the molecule is O=C([C@H]1CNC[C@H](C(=O)N2CCC(c3ccncn3)CC2)C1)N1CCCC1. The van der Waals surface area contributed by atoms with Crippen LogP contribution in [0.5, 0.6) is 0 Å². The number of piperidine rings is 2. The van der Waals surface area contributed by atoms with Crippen LogP contribution < -0.4 is 5.32 Å². The summed E-state index contributed by atoms with van der Waals surface area (Å²) < 4.78 is 0. The highest BCUT2D eigenvalue weighted by Crippen LogP contribution is 2.29. The lowest BCUT2D eigenvalue weighted by atomic mass is 9.87. The van der Waals surface area contributed by atoms with Crippen LogP contribution in [0.4, 0.5) is 0 Å². The van der Waals surface area contributed by atoms with Crippen molar-refractivity contribution in [1.29, 1.82) is 0 Å². The van der Waals surface area contributed by atoms with Gasteiger partial charge in [-0.05, 0) is 38.2 Å². The smallest absolute Gasteiger partial charge is 0.226 e. The predicted octanol–water partition coefficient (Wildman–Crippen LogP) is 1.03. The van der Waals surface area contributed by atoms with Crippen molar-refractivity contribution in [1.82, 2.24) is 25.1 Å². The molecule has 0 aliphatic carbocycles. The molecule has 3 aliphatic heterocycles. The molecule has 0 radical (unpaired) electrons. The molecule has 0 spiro atoms. The molecule has 3 aliphatic rings. The summed E-state index contributed by atoms with van der Waals surface area (Å²) in [7, 11) is 0. The van der Waals surface area contributed by atoms with Gasteiger partial charge < -0.3 is 15.1 Å². The summed E-state index contributed by atoms with van der Waals surface area (Å²) in [5, 5.41) is 3.33. The van der Waals surface area contributed by atoms with Crippen molar-refractivity contribution in [2.45, 2.75) is 38.0 Å². The van der Waals surface area contributed by atoms with Gasteiger partial charge in [0, 0.05) is 57.1 Å². The Kier molecular flexibility index (Phi) is 5.66. The Morgan fingerprint density at radius 2 is 1.59 bits per heavy atom. The zero-order valence-corrected chi connectivity index (χ0v) is 15.8. The van der Waals surface area contributed by atoms with E-state index in [1.165, 1.54) is 0 Å². The van der Waals surface area contributed by atoms with E-state index in [2.05, 4.69) is 15.3 Å². The highest BCUT2D eigenvalue weighted by atomic mass is 16.2.